The van der Waals surface area contributed by atoms with Crippen molar-refractivity contribution >= 4 is 26.8 Å². The van der Waals surface area contributed by atoms with E-state index in [1.165, 1.54) is 5.11 Å². The van der Waals surface area contributed by atoms with E-state index < -0.39 is 0 Å². The molecule has 0 aliphatic heterocycles. The van der Waals surface area contributed by atoms with Gasteiger partial charge in [-0.3, -0.25) is 0 Å². The standard InChI is InChI=1S/C8H8N3Se/c1-7(11-10-6-12)8-4-2-3-5-9-8/h2-6H,1H3. The molecule has 0 unspecified atom stereocenters. The Balaban J connectivity index is 2.85. The first-order valence-corrected chi connectivity index (χ1v) is 4.43. The molecule has 0 aromatic carbocycles. The van der Waals surface area contributed by atoms with Crippen molar-refractivity contribution in [2.75, 3.05) is 0 Å². The minimum atomic E-state index is 0.808. The van der Waals surface area contributed by atoms with Crippen LogP contribution in [0.3, 0.4) is 0 Å². The maximum absolute atomic E-state index is 4.12. The summed E-state index contributed by atoms with van der Waals surface area (Å²) in [7, 11) is 0. The predicted octanol–water partition coefficient (Wildman–Crippen LogP) is 1.00. The monoisotopic (exact) mass is 226 g/mol. The molecule has 4 heteroatoms. The van der Waals surface area contributed by atoms with Gasteiger partial charge < -0.3 is 0 Å². The van der Waals surface area contributed by atoms with Crippen LogP contribution >= 0.6 is 0 Å². The van der Waals surface area contributed by atoms with E-state index in [9.17, 15) is 0 Å². The van der Waals surface area contributed by atoms with Gasteiger partial charge in [0, 0.05) is 0 Å². The van der Waals surface area contributed by atoms with Crippen LogP contribution in [0.4, 0.5) is 0 Å². The van der Waals surface area contributed by atoms with Crippen LogP contribution in [0.2, 0.25) is 0 Å². The topological polar surface area (TPSA) is 37.6 Å². The predicted molar refractivity (Wildman–Crippen MR) is 50.7 cm³/mol. The van der Waals surface area contributed by atoms with Gasteiger partial charge in [0.25, 0.3) is 0 Å². The Morgan fingerprint density at radius 2 is 2.42 bits per heavy atom. The van der Waals surface area contributed by atoms with Crippen molar-refractivity contribution in [2.24, 2.45) is 10.2 Å². The van der Waals surface area contributed by atoms with Crippen LogP contribution in [0.5, 0.6) is 0 Å². The Bertz CT molecular complexity index is 292. The molecule has 1 heterocycles. The molecule has 0 saturated carbocycles. The summed E-state index contributed by atoms with van der Waals surface area (Å²) in [6, 6.07) is 5.69. The van der Waals surface area contributed by atoms with Crippen molar-refractivity contribution in [2.45, 2.75) is 6.92 Å². The molecule has 0 bridgehead atoms. The molecule has 12 heavy (non-hydrogen) atoms. The molecule has 3 nitrogen and oxygen atoms in total. The van der Waals surface area contributed by atoms with E-state index in [4.69, 9.17) is 0 Å². The number of aromatic nitrogens is 1. The zero-order valence-corrected chi connectivity index (χ0v) is 8.35. The van der Waals surface area contributed by atoms with E-state index in [0.29, 0.717) is 0 Å². The Labute approximate surface area is 79.4 Å². The summed E-state index contributed by atoms with van der Waals surface area (Å²) in [6.07, 6.45) is 1.73. The van der Waals surface area contributed by atoms with E-state index in [1.807, 2.05) is 25.1 Å². The summed E-state index contributed by atoms with van der Waals surface area (Å²) in [4.78, 5) is 4.12. The number of hydrogen-bond acceptors (Lipinski definition) is 3. The molecule has 0 N–H and O–H groups in total. The van der Waals surface area contributed by atoms with Crippen LogP contribution in [0, 0.1) is 0 Å². The molecule has 0 amide bonds. The van der Waals surface area contributed by atoms with Crippen molar-refractivity contribution in [1.29, 1.82) is 0 Å². The summed E-state index contributed by atoms with van der Waals surface area (Å²) in [5, 5.41) is 9.14. The van der Waals surface area contributed by atoms with E-state index >= 15 is 0 Å². The zero-order chi connectivity index (χ0) is 8.81. The first-order valence-electron chi connectivity index (χ1n) is 3.44. The van der Waals surface area contributed by atoms with Gasteiger partial charge in [-0.2, -0.15) is 0 Å². The molecule has 1 aromatic rings. The quantitative estimate of drug-likeness (QED) is 0.420. The van der Waals surface area contributed by atoms with Gasteiger partial charge in [0.2, 0.25) is 0 Å². The molecule has 0 fully saturated rings. The van der Waals surface area contributed by atoms with Gasteiger partial charge in [-0.05, 0) is 0 Å². The van der Waals surface area contributed by atoms with Crippen LogP contribution in [0.15, 0.2) is 34.6 Å². The summed E-state index contributed by atoms with van der Waals surface area (Å²) in [6.45, 7) is 1.87. The van der Waals surface area contributed by atoms with Crippen LogP contribution < -0.4 is 0 Å². The van der Waals surface area contributed by atoms with Crippen LogP contribution in [-0.2, 0) is 0 Å². The third-order valence-corrected chi connectivity index (χ3v) is 1.49. The molecule has 1 aromatic heterocycles. The second-order valence-corrected chi connectivity index (χ2v) is 2.56. The van der Waals surface area contributed by atoms with Gasteiger partial charge in [0.05, 0.1) is 0 Å². The van der Waals surface area contributed by atoms with Crippen LogP contribution in [-0.4, -0.2) is 31.8 Å². The van der Waals surface area contributed by atoms with Crippen molar-refractivity contribution in [3.8, 4) is 0 Å². The van der Waals surface area contributed by atoms with Crippen molar-refractivity contribution in [3.63, 3.8) is 0 Å². The van der Waals surface area contributed by atoms with E-state index in [0.717, 1.165) is 11.4 Å². The average molecular weight is 225 g/mol. The fraction of sp³-hybridized carbons (Fsp3) is 0.125. The number of hydrogen-bond donors (Lipinski definition) is 0. The van der Waals surface area contributed by atoms with Crippen LogP contribution in [0.25, 0.3) is 0 Å². The SMILES string of the molecule is CC(=NN=C[Se])c1ccccn1. The molecule has 0 saturated heterocycles. The normalized spacial score (nSPS) is 12.2. The number of nitrogens with zero attached hydrogens (tertiary/aromatic N) is 3. The summed E-state index contributed by atoms with van der Waals surface area (Å²) < 4.78 is 0. The molecular weight excluding hydrogens is 217 g/mol. The Morgan fingerprint density at radius 1 is 1.58 bits per heavy atom. The van der Waals surface area contributed by atoms with E-state index in [1.54, 1.807) is 6.20 Å². The Kier molecular flexibility index (Phi) is 3.64. The van der Waals surface area contributed by atoms with E-state index in [2.05, 4.69) is 31.2 Å². The zero-order valence-electron chi connectivity index (χ0n) is 6.64. The third-order valence-electron chi connectivity index (χ3n) is 1.29. The fourth-order valence-corrected chi connectivity index (χ4v) is 0.837. The molecule has 1 rings (SSSR count). The Hall–Kier alpha value is -0.991. The van der Waals surface area contributed by atoms with Crippen molar-refractivity contribution < 1.29 is 0 Å². The van der Waals surface area contributed by atoms with Gasteiger partial charge in [-0.15, -0.1) is 0 Å². The number of rotatable bonds is 2. The average Bonchev–Trinajstić information content (AvgIpc) is 2.15. The van der Waals surface area contributed by atoms with Gasteiger partial charge >= 0.3 is 79.0 Å². The molecule has 61 valence electrons. The molecule has 0 aliphatic carbocycles. The fourth-order valence-electron chi connectivity index (χ4n) is 0.738. The molecule has 0 aliphatic rings. The van der Waals surface area contributed by atoms with Crippen molar-refractivity contribution in [3.05, 3.63) is 30.1 Å². The van der Waals surface area contributed by atoms with Gasteiger partial charge in [0.1, 0.15) is 0 Å². The Morgan fingerprint density at radius 3 is 3.00 bits per heavy atom. The van der Waals surface area contributed by atoms with E-state index in [-0.39, 0.29) is 0 Å². The van der Waals surface area contributed by atoms with Crippen molar-refractivity contribution in [1.82, 2.24) is 4.98 Å². The first kappa shape index (κ1) is 9.10. The molecule has 1 radical (unpaired) electrons. The molecular formula is C8H8N3Se. The van der Waals surface area contributed by atoms with Gasteiger partial charge in [-0.1, -0.05) is 0 Å². The minimum absolute atomic E-state index is 0.808. The van der Waals surface area contributed by atoms with Gasteiger partial charge in [0.15, 0.2) is 0 Å². The summed E-state index contributed by atoms with van der Waals surface area (Å²) in [5.74, 6) is 0. The second kappa shape index (κ2) is 4.80. The molecule has 0 spiro atoms. The number of pyridine rings is 1. The molecule has 0 atom stereocenters. The summed E-state index contributed by atoms with van der Waals surface area (Å²) >= 11 is 2.63. The second-order valence-electron chi connectivity index (χ2n) is 2.12. The van der Waals surface area contributed by atoms with Gasteiger partial charge in [-0.25, -0.2) is 0 Å². The first-order chi connectivity index (χ1) is 5.84. The summed E-state index contributed by atoms with van der Waals surface area (Å²) in [5.41, 5.74) is 1.66. The third kappa shape index (κ3) is 2.57. The van der Waals surface area contributed by atoms with Crippen LogP contribution in [0.1, 0.15) is 12.6 Å². The maximum atomic E-state index is 4.12.